The van der Waals surface area contributed by atoms with Gasteiger partial charge in [-0.25, -0.2) is 4.98 Å². The molecule has 9 heteroatoms. The predicted molar refractivity (Wildman–Crippen MR) is 127 cm³/mol. The second kappa shape index (κ2) is 10.1. The van der Waals surface area contributed by atoms with Gasteiger partial charge in [0.15, 0.2) is 5.13 Å². The molecule has 1 N–H and O–H groups in total. The number of benzene rings is 1. The molecule has 0 bridgehead atoms. The van der Waals surface area contributed by atoms with Crippen molar-refractivity contribution in [2.75, 3.05) is 51.9 Å². The Labute approximate surface area is 196 Å². The smallest absolute Gasteiger partial charge is 0.257 e. The van der Waals surface area contributed by atoms with Crippen LogP contribution in [0.15, 0.2) is 30.5 Å². The molecular weight excluding hydrogens is 440 g/mol. The Morgan fingerprint density at radius 3 is 2.76 bits per heavy atom. The molecule has 1 aromatic carbocycles. The minimum absolute atomic E-state index is 0.189. The first-order valence-electron chi connectivity index (χ1n) is 11.3. The number of hydrogen-bond donors (Lipinski definition) is 1. The first-order valence-corrected chi connectivity index (χ1v) is 12.1. The van der Waals surface area contributed by atoms with Crippen molar-refractivity contribution < 1.29 is 19.0 Å². The van der Waals surface area contributed by atoms with E-state index in [-0.39, 0.29) is 5.91 Å². The summed E-state index contributed by atoms with van der Waals surface area (Å²) in [6.07, 6.45) is 3.67. The first-order chi connectivity index (χ1) is 16.2. The van der Waals surface area contributed by atoms with Crippen LogP contribution in [0.5, 0.6) is 5.75 Å². The van der Waals surface area contributed by atoms with E-state index in [1.165, 1.54) is 16.9 Å². The molecule has 33 heavy (non-hydrogen) atoms. The Morgan fingerprint density at radius 1 is 1.18 bits per heavy atom. The SMILES string of the molecule is COc1ccc(C2CCOCC2)c2sc(NC(=O)c3ccnc(CN4CCOCC4)c3)nc12. The number of carbonyl (C=O) groups is 1. The normalized spacial score (nSPS) is 17.8. The van der Waals surface area contributed by atoms with Crippen LogP contribution in [0.25, 0.3) is 10.2 Å². The molecule has 2 aliphatic heterocycles. The number of fused-ring (bicyclic) bond motifs is 1. The number of thiazole rings is 1. The molecular formula is C24H28N4O4S. The summed E-state index contributed by atoms with van der Waals surface area (Å²) in [4.78, 5) is 24.5. The third-order valence-corrected chi connectivity index (χ3v) is 7.23. The third kappa shape index (κ3) is 5.01. The van der Waals surface area contributed by atoms with Crippen molar-refractivity contribution in [3.8, 4) is 5.75 Å². The van der Waals surface area contributed by atoms with Crippen molar-refractivity contribution in [2.45, 2.75) is 25.3 Å². The van der Waals surface area contributed by atoms with Crippen molar-refractivity contribution in [1.29, 1.82) is 0 Å². The Morgan fingerprint density at radius 2 is 1.97 bits per heavy atom. The number of carbonyl (C=O) groups excluding carboxylic acids is 1. The van der Waals surface area contributed by atoms with Crippen LogP contribution >= 0.6 is 11.3 Å². The Balaban J connectivity index is 1.36. The van der Waals surface area contributed by atoms with Gasteiger partial charge in [-0.05, 0) is 42.5 Å². The highest BCUT2D eigenvalue weighted by Crippen LogP contribution is 2.40. The second-order valence-corrected chi connectivity index (χ2v) is 9.32. The molecule has 8 nitrogen and oxygen atoms in total. The van der Waals surface area contributed by atoms with E-state index in [4.69, 9.17) is 19.2 Å². The number of ether oxygens (including phenoxy) is 3. The van der Waals surface area contributed by atoms with Gasteiger partial charge in [0, 0.05) is 44.6 Å². The highest BCUT2D eigenvalue weighted by Gasteiger charge is 2.22. The Hall–Kier alpha value is -2.59. The number of methoxy groups -OCH3 is 1. The van der Waals surface area contributed by atoms with Crippen LogP contribution < -0.4 is 10.1 Å². The van der Waals surface area contributed by atoms with E-state index in [1.54, 1.807) is 19.4 Å². The minimum Gasteiger partial charge on any atom is -0.494 e. The molecule has 4 heterocycles. The zero-order valence-corrected chi connectivity index (χ0v) is 19.5. The van der Waals surface area contributed by atoms with Crippen LogP contribution in [0.1, 0.15) is 40.4 Å². The van der Waals surface area contributed by atoms with Gasteiger partial charge in [-0.1, -0.05) is 17.4 Å². The number of pyridine rings is 1. The molecule has 0 radical (unpaired) electrons. The maximum atomic E-state index is 13.0. The number of anilines is 1. The van der Waals surface area contributed by atoms with Gasteiger partial charge in [0.05, 0.1) is 30.7 Å². The molecule has 5 rings (SSSR count). The van der Waals surface area contributed by atoms with Gasteiger partial charge in [-0.15, -0.1) is 0 Å². The second-order valence-electron chi connectivity index (χ2n) is 8.32. The maximum absolute atomic E-state index is 13.0. The maximum Gasteiger partial charge on any atom is 0.257 e. The van der Waals surface area contributed by atoms with Crippen molar-refractivity contribution in [1.82, 2.24) is 14.9 Å². The number of amides is 1. The highest BCUT2D eigenvalue weighted by atomic mass is 32.1. The zero-order valence-electron chi connectivity index (χ0n) is 18.7. The molecule has 0 saturated carbocycles. The molecule has 2 fully saturated rings. The largest absolute Gasteiger partial charge is 0.494 e. The van der Waals surface area contributed by atoms with Gasteiger partial charge < -0.3 is 14.2 Å². The topological polar surface area (TPSA) is 85.8 Å². The predicted octanol–water partition coefficient (Wildman–Crippen LogP) is 3.68. The molecule has 2 aromatic heterocycles. The van der Waals surface area contributed by atoms with Crippen LogP contribution in [0.2, 0.25) is 0 Å². The van der Waals surface area contributed by atoms with E-state index >= 15 is 0 Å². The monoisotopic (exact) mass is 468 g/mol. The molecule has 0 unspecified atom stereocenters. The fourth-order valence-corrected chi connectivity index (χ4v) is 5.48. The van der Waals surface area contributed by atoms with Gasteiger partial charge in [0.1, 0.15) is 11.3 Å². The first kappa shape index (κ1) is 22.2. The Kier molecular flexibility index (Phi) is 6.82. The molecule has 2 saturated heterocycles. The molecule has 174 valence electrons. The Bertz CT molecular complexity index is 1120. The van der Waals surface area contributed by atoms with Crippen LogP contribution in [-0.4, -0.2) is 67.4 Å². The number of rotatable bonds is 6. The third-order valence-electron chi connectivity index (χ3n) is 6.21. The summed E-state index contributed by atoms with van der Waals surface area (Å²) in [6.45, 7) is 5.47. The van der Waals surface area contributed by atoms with Crippen molar-refractivity contribution in [3.63, 3.8) is 0 Å². The number of aromatic nitrogens is 2. The van der Waals surface area contributed by atoms with E-state index in [1.807, 2.05) is 12.1 Å². The summed E-state index contributed by atoms with van der Waals surface area (Å²) in [6, 6.07) is 7.69. The number of hydrogen-bond acceptors (Lipinski definition) is 8. The number of nitrogens with one attached hydrogen (secondary N) is 1. The van der Waals surface area contributed by atoms with E-state index in [0.717, 1.165) is 68.3 Å². The lowest BCUT2D eigenvalue weighted by molar-refractivity contribution is 0.0336. The quantitative estimate of drug-likeness (QED) is 0.591. The van der Waals surface area contributed by atoms with Gasteiger partial charge in [0.2, 0.25) is 0 Å². The van der Waals surface area contributed by atoms with Crippen molar-refractivity contribution in [2.24, 2.45) is 0 Å². The average Bonchev–Trinajstić information content (AvgIpc) is 3.28. The number of nitrogens with zero attached hydrogens (tertiary/aromatic N) is 3. The zero-order chi connectivity index (χ0) is 22.6. The van der Waals surface area contributed by atoms with Gasteiger partial charge >= 0.3 is 0 Å². The van der Waals surface area contributed by atoms with Gasteiger partial charge in [0.25, 0.3) is 5.91 Å². The molecule has 1 amide bonds. The summed E-state index contributed by atoms with van der Waals surface area (Å²) >= 11 is 1.50. The molecule has 0 spiro atoms. The number of morpholine rings is 1. The van der Waals surface area contributed by atoms with Crippen LogP contribution in [0.3, 0.4) is 0 Å². The van der Waals surface area contributed by atoms with E-state index in [0.29, 0.717) is 28.9 Å². The fraction of sp³-hybridized carbons (Fsp3) is 0.458. The van der Waals surface area contributed by atoms with Crippen molar-refractivity contribution >= 4 is 32.6 Å². The van der Waals surface area contributed by atoms with E-state index in [9.17, 15) is 4.79 Å². The van der Waals surface area contributed by atoms with E-state index in [2.05, 4.69) is 21.3 Å². The minimum atomic E-state index is -0.189. The lowest BCUT2D eigenvalue weighted by Crippen LogP contribution is -2.35. The van der Waals surface area contributed by atoms with Crippen molar-refractivity contribution in [3.05, 3.63) is 47.3 Å². The lowest BCUT2D eigenvalue weighted by atomic mass is 9.91. The van der Waals surface area contributed by atoms with Gasteiger partial charge in [-0.2, -0.15) is 0 Å². The van der Waals surface area contributed by atoms with Gasteiger partial charge in [-0.3, -0.25) is 20.0 Å². The summed E-state index contributed by atoms with van der Waals surface area (Å²) in [5.74, 6) is 0.958. The average molecular weight is 469 g/mol. The molecule has 2 aliphatic rings. The summed E-state index contributed by atoms with van der Waals surface area (Å²) in [5.41, 5.74) is 3.50. The molecule has 0 atom stereocenters. The summed E-state index contributed by atoms with van der Waals surface area (Å²) < 4.78 is 17.6. The van der Waals surface area contributed by atoms with Crippen LogP contribution in [0.4, 0.5) is 5.13 Å². The standard InChI is InChI=1S/C24H28N4O4S/c1-30-20-3-2-19(16-5-10-31-11-6-16)22-21(20)26-24(33-22)27-23(29)17-4-7-25-18(14-17)15-28-8-12-32-13-9-28/h2-4,7,14,16H,5-6,8-13,15H2,1H3,(H,26,27,29). The summed E-state index contributed by atoms with van der Waals surface area (Å²) in [5, 5.41) is 3.56. The summed E-state index contributed by atoms with van der Waals surface area (Å²) in [7, 11) is 1.65. The highest BCUT2D eigenvalue weighted by molar-refractivity contribution is 7.22. The van der Waals surface area contributed by atoms with Crippen LogP contribution in [0, 0.1) is 0 Å². The molecule has 3 aromatic rings. The molecule has 0 aliphatic carbocycles. The lowest BCUT2D eigenvalue weighted by Gasteiger charge is -2.26. The van der Waals surface area contributed by atoms with E-state index < -0.39 is 0 Å². The van der Waals surface area contributed by atoms with Crippen LogP contribution in [-0.2, 0) is 16.0 Å². The fourth-order valence-electron chi connectivity index (χ4n) is 4.41.